The number of fused-ring (bicyclic) bond motifs is 10. The highest BCUT2D eigenvalue weighted by Crippen LogP contribution is 2.50. The molecule has 0 saturated carbocycles. The quantitative estimate of drug-likeness (QED) is 0.186. The van der Waals surface area contributed by atoms with Gasteiger partial charge in [0.15, 0.2) is 11.6 Å². The van der Waals surface area contributed by atoms with Crippen LogP contribution in [0.1, 0.15) is 25.0 Å². The highest BCUT2D eigenvalue weighted by molar-refractivity contribution is 6.23. The van der Waals surface area contributed by atoms with Gasteiger partial charge in [0.05, 0.1) is 22.1 Å². The highest BCUT2D eigenvalue weighted by atomic mass is 15.2. The summed E-state index contributed by atoms with van der Waals surface area (Å²) in [5.41, 5.74) is 12.6. The van der Waals surface area contributed by atoms with Crippen molar-refractivity contribution < 1.29 is 0 Å². The first-order valence-corrected chi connectivity index (χ1v) is 18.1. The summed E-state index contributed by atoms with van der Waals surface area (Å²) < 4.78 is 4.72. The SMILES string of the molecule is CC1(C)c2ccccc2-c2ccc(-n3c4ccccc4c4ccc5c6ccccc6n(-c6nc(-c7ccccc7)nc(-c7ccccc7)n6)c5c43)cc21. The Morgan fingerprint density at radius 1 is 0.415 bits per heavy atom. The first-order valence-electron chi connectivity index (χ1n) is 18.1. The van der Waals surface area contributed by atoms with Gasteiger partial charge in [0.2, 0.25) is 5.95 Å². The molecule has 11 rings (SSSR count). The van der Waals surface area contributed by atoms with E-state index in [-0.39, 0.29) is 5.41 Å². The molecule has 0 radical (unpaired) electrons. The van der Waals surface area contributed by atoms with E-state index in [2.05, 4.69) is 150 Å². The molecule has 1 aliphatic rings. The second-order valence-electron chi connectivity index (χ2n) is 14.5. The minimum Gasteiger partial charge on any atom is -0.307 e. The van der Waals surface area contributed by atoms with Gasteiger partial charge in [-0.3, -0.25) is 4.57 Å². The number of nitrogens with zero attached hydrogens (tertiary/aromatic N) is 5. The van der Waals surface area contributed by atoms with E-state index in [0.29, 0.717) is 17.6 Å². The van der Waals surface area contributed by atoms with E-state index in [4.69, 9.17) is 15.0 Å². The van der Waals surface area contributed by atoms with E-state index in [1.54, 1.807) is 0 Å². The molecule has 0 aliphatic heterocycles. The molecule has 1 aliphatic carbocycles. The van der Waals surface area contributed by atoms with Gasteiger partial charge in [0.25, 0.3) is 0 Å². The lowest BCUT2D eigenvalue weighted by Crippen LogP contribution is -2.15. The fourth-order valence-electron chi connectivity index (χ4n) is 8.71. The van der Waals surface area contributed by atoms with Crippen molar-refractivity contribution in [3.63, 3.8) is 0 Å². The minimum atomic E-state index is -0.128. The van der Waals surface area contributed by atoms with Crippen LogP contribution in [0.3, 0.4) is 0 Å². The molecule has 0 saturated heterocycles. The van der Waals surface area contributed by atoms with E-state index >= 15 is 0 Å². The van der Waals surface area contributed by atoms with Crippen LogP contribution in [-0.2, 0) is 5.41 Å². The van der Waals surface area contributed by atoms with Crippen molar-refractivity contribution in [1.29, 1.82) is 0 Å². The predicted molar refractivity (Wildman–Crippen MR) is 217 cm³/mol. The van der Waals surface area contributed by atoms with Gasteiger partial charge in [0.1, 0.15) is 0 Å². The van der Waals surface area contributed by atoms with Crippen LogP contribution in [0.4, 0.5) is 0 Å². The standard InChI is InChI=1S/C48H33N5/c1-48(2)39-22-12-9-19-33(39)34-26-25-32(29-40(34)48)52-41-23-13-10-20-35(41)37-27-28-38-36-21-11-14-24-42(36)53(44(38)43(37)52)47-50-45(30-15-5-3-6-16-30)49-46(51-47)31-17-7-4-8-18-31/h3-29H,1-2H3. The molecule has 3 aromatic heterocycles. The molecular weight excluding hydrogens is 647 g/mol. The zero-order valence-corrected chi connectivity index (χ0v) is 29.3. The number of benzene rings is 7. The number of rotatable bonds is 4. The van der Waals surface area contributed by atoms with Crippen molar-refractivity contribution in [2.75, 3.05) is 0 Å². The van der Waals surface area contributed by atoms with Crippen LogP contribution in [-0.4, -0.2) is 24.1 Å². The Morgan fingerprint density at radius 2 is 0.925 bits per heavy atom. The number of hydrogen-bond acceptors (Lipinski definition) is 3. The molecule has 3 heterocycles. The number of para-hydroxylation sites is 2. The first kappa shape index (κ1) is 29.8. The molecule has 7 aromatic carbocycles. The van der Waals surface area contributed by atoms with E-state index in [0.717, 1.165) is 49.7 Å². The van der Waals surface area contributed by atoms with Gasteiger partial charge >= 0.3 is 0 Å². The second kappa shape index (κ2) is 11.1. The Balaban J connectivity index is 1.27. The van der Waals surface area contributed by atoms with E-state index in [1.807, 2.05) is 36.4 Å². The Labute approximate surface area is 306 Å². The maximum atomic E-state index is 5.26. The molecule has 0 bridgehead atoms. The Hall–Kier alpha value is -6.85. The van der Waals surface area contributed by atoms with Crippen molar-refractivity contribution in [2.24, 2.45) is 0 Å². The number of hydrogen-bond donors (Lipinski definition) is 0. The average molecular weight is 680 g/mol. The lowest BCUT2D eigenvalue weighted by atomic mass is 9.82. The van der Waals surface area contributed by atoms with Crippen LogP contribution in [0.15, 0.2) is 164 Å². The Morgan fingerprint density at radius 3 is 1.57 bits per heavy atom. The summed E-state index contributed by atoms with van der Waals surface area (Å²) >= 11 is 0. The van der Waals surface area contributed by atoms with Crippen molar-refractivity contribution in [1.82, 2.24) is 24.1 Å². The minimum absolute atomic E-state index is 0.128. The molecule has 0 N–H and O–H groups in total. The van der Waals surface area contributed by atoms with Crippen LogP contribution in [0.5, 0.6) is 0 Å². The van der Waals surface area contributed by atoms with Gasteiger partial charge in [0, 0.05) is 43.8 Å². The third kappa shape index (κ3) is 4.28. The van der Waals surface area contributed by atoms with Gasteiger partial charge in [-0.25, -0.2) is 4.98 Å². The molecule has 53 heavy (non-hydrogen) atoms. The molecular formula is C48H33N5. The van der Waals surface area contributed by atoms with Crippen LogP contribution in [0.2, 0.25) is 0 Å². The molecule has 0 atom stereocenters. The third-order valence-electron chi connectivity index (χ3n) is 11.2. The maximum Gasteiger partial charge on any atom is 0.238 e. The monoisotopic (exact) mass is 679 g/mol. The molecule has 0 spiro atoms. The van der Waals surface area contributed by atoms with Gasteiger partial charge in [-0.2, -0.15) is 9.97 Å². The maximum absolute atomic E-state index is 5.26. The lowest BCUT2D eigenvalue weighted by Gasteiger charge is -2.22. The summed E-state index contributed by atoms with van der Waals surface area (Å²) in [5, 5.41) is 4.68. The summed E-state index contributed by atoms with van der Waals surface area (Å²) in [6.07, 6.45) is 0. The van der Waals surface area contributed by atoms with Gasteiger partial charge in [-0.15, -0.1) is 0 Å². The normalized spacial score (nSPS) is 13.2. The van der Waals surface area contributed by atoms with Crippen molar-refractivity contribution >= 4 is 43.6 Å². The summed E-state index contributed by atoms with van der Waals surface area (Å²) in [6, 6.07) is 58.2. The van der Waals surface area contributed by atoms with Crippen molar-refractivity contribution in [3.05, 3.63) is 175 Å². The topological polar surface area (TPSA) is 48.5 Å². The molecule has 10 aromatic rings. The van der Waals surface area contributed by atoms with E-state index < -0.39 is 0 Å². The summed E-state index contributed by atoms with van der Waals surface area (Å²) in [6.45, 7) is 4.69. The fraction of sp³-hybridized carbons (Fsp3) is 0.0625. The van der Waals surface area contributed by atoms with E-state index in [9.17, 15) is 0 Å². The average Bonchev–Trinajstić information content (AvgIpc) is 3.82. The third-order valence-corrected chi connectivity index (χ3v) is 11.2. The molecule has 0 amide bonds. The van der Waals surface area contributed by atoms with E-state index in [1.165, 1.54) is 33.0 Å². The van der Waals surface area contributed by atoms with Gasteiger partial charge < -0.3 is 4.57 Å². The molecule has 5 nitrogen and oxygen atoms in total. The Kier molecular flexibility index (Phi) is 6.23. The fourth-order valence-corrected chi connectivity index (χ4v) is 8.71. The second-order valence-corrected chi connectivity index (χ2v) is 14.5. The lowest BCUT2D eigenvalue weighted by molar-refractivity contribution is 0.660. The molecule has 0 fully saturated rings. The summed E-state index contributed by atoms with van der Waals surface area (Å²) in [5.74, 6) is 1.85. The smallest absolute Gasteiger partial charge is 0.238 e. The largest absolute Gasteiger partial charge is 0.307 e. The van der Waals surface area contributed by atoms with Crippen molar-refractivity contribution in [3.8, 4) is 45.5 Å². The van der Waals surface area contributed by atoms with Crippen LogP contribution >= 0.6 is 0 Å². The van der Waals surface area contributed by atoms with Crippen LogP contribution in [0, 0.1) is 0 Å². The van der Waals surface area contributed by atoms with Gasteiger partial charge in [-0.1, -0.05) is 153 Å². The zero-order valence-electron chi connectivity index (χ0n) is 29.3. The predicted octanol–water partition coefficient (Wildman–Crippen LogP) is 11.7. The number of aromatic nitrogens is 5. The summed E-state index contributed by atoms with van der Waals surface area (Å²) in [4.78, 5) is 15.5. The molecule has 0 unspecified atom stereocenters. The van der Waals surface area contributed by atoms with Crippen LogP contribution < -0.4 is 0 Å². The zero-order chi connectivity index (χ0) is 35.3. The highest BCUT2D eigenvalue weighted by Gasteiger charge is 2.35. The van der Waals surface area contributed by atoms with Crippen LogP contribution in [0.25, 0.3) is 89.2 Å². The summed E-state index contributed by atoms with van der Waals surface area (Å²) in [7, 11) is 0. The first-order chi connectivity index (χ1) is 26.1. The molecule has 250 valence electrons. The molecule has 5 heteroatoms. The Bertz CT molecular complexity index is 3020. The van der Waals surface area contributed by atoms with Crippen molar-refractivity contribution in [2.45, 2.75) is 19.3 Å². The van der Waals surface area contributed by atoms with Gasteiger partial charge in [-0.05, 0) is 46.5 Å².